The maximum Gasteiger partial charge on any atom is 0.234 e. The number of aromatic nitrogens is 1. The molecule has 1 aromatic rings. The summed E-state index contributed by atoms with van der Waals surface area (Å²) in [5.74, 6) is 0.142. The molecule has 0 unspecified atom stereocenters. The molecule has 0 fully saturated rings. The van der Waals surface area contributed by atoms with Crippen LogP contribution in [0.1, 0.15) is 25.1 Å². The highest BCUT2D eigenvalue weighted by Gasteiger charge is 2.39. The van der Waals surface area contributed by atoms with E-state index in [4.69, 9.17) is 0 Å². The van der Waals surface area contributed by atoms with Crippen molar-refractivity contribution in [2.75, 3.05) is 7.05 Å². The average molecular weight is 190 g/mol. The molecule has 1 amide bonds. The number of nitrogens with zero attached hydrogens (tertiary/aromatic N) is 2. The third kappa shape index (κ3) is 1.12. The molecule has 0 N–H and O–H groups in total. The average Bonchev–Trinajstić information content (AvgIpc) is 2.15. The molecular formula is C11H14N2O. The Balaban J connectivity index is 2.60. The van der Waals surface area contributed by atoms with Crippen LogP contribution in [0.3, 0.4) is 0 Å². The van der Waals surface area contributed by atoms with Gasteiger partial charge in [0, 0.05) is 19.8 Å². The molecule has 0 atom stereocenters. The molecule has 0 saturated heterocycles. The number of hydrogen-bond acceptors (Lipinski definition) is 2. The second-order valence-corrected chi connectivity index (χ2v) is 4.30. The predicted octanol–water partition coefficient (Wildman–Crippen LogP) is 1.33. The Morgan fingerprint density at radius 3 is 2.93 bits per heavy atom. The summed E-state index contributed by atoms with van der Waals surface area (Å²) in [6.07, 6.45) is 1.75. The number of pyridine rings is 1. The zero-order chi connectivity index (χ0) is 10.3. The van der Waals surface area contributed by atoms with Crippen LogP contribution in [0.4, 0.5) is 0 Å². The van der Waals surface area contributed by atoms with E-state index in [9.17, 15) is 4.79 Å². The number of fused-ring (bicyclic) bond motifs is 1. The van der Waals surface area contributed by atoms with Crippen molar-refractivity contribution >= 4 is 5.91 Å². The van der Waals surface area contributed by atoms with Crippen LogP contribution in [0.5, 0.6) is 0 Å². The van der Waals surface area contributed by atoms with Gasteiger partial charge in [0.15, 0.2) is 0 Å². The molecule has 0 bridgehead atoms. The van der Waals surface area contributed by atoms with Gasteiger partial charge in [0.2, 0.25) is 5.91 Å². The first-order valence-corrected chi connectivity index (χ1v) is 4.73. The molecule has 2 heterocycles. The second kappa shape index (κ2) is 2.80. The summed E-state index contributed by atoms with van der Waals surface area (Å²) in [4.78, 5) is 18.0. The van der Waals surface area contributed by atoms with Gasteiger partial charge in [0.1, 0.15) is 0 Å². The Morgan fingerprint density at radius 2 is 2.21 bits per heavy atom. The molecule has 0 saturated carbocycles. The predicted molar refractivity (Wildman–Crippen MR) is 53.7 cm³/mol. The smallest absolute Gasteiger partial charge is 0.234 e. The SMILES string of the molecule is CN1Cc2cccnc2C(C)(C)C1=O. The molecule has 0 radical (unpaired) electrons. The number of rotatable bonds is 0. The minimum Gasteiger partial charge on any atom is -0.341 e. The molecule has 0 spiro atoms. The molecular weight excluding hydrogens is 176 g/mol. The van der Waals surface area contributed by atoms with Gasteiger partial charge < -0.3 is 4.90 Å². The zero-order valence-electron chi connectivity index (χ0n) is 8.74. The summed E-state index contributed by atoms with van der Waals surface area (Å²) in [6, 6.07) is 3.95. The van der Waals surface area contributed by atoms with E-state index in [0.717, 1.165) is 11.3 Å². The van der Waals surface area contributed by atoms with Crippen molar-refractivity contribution in [3.8, 4) is 0 Å². The Morgan fingerprint density at radius 1 is 1.50 bits per heavy atom. The van der Waals surface area contributed by atoms with Crippen LogP contribution in [-0.4, -0.2) is 22.8 Å². The lowest BCUT2D eigenvalue weighted by Gasteiger charge is -2.35. The van der Waals surface area contributed by atoms with Gasteiger partial charge in [-0.3, -0.25) is 9.78 Å². The third-order valence-electron chi connectivity index (χ3n) is 2.77. The Bertz CT molecular complexity index is 385. The van der Waals surface area contributed by atoms with Gasteiger partial charge in [-0.2, -0.15) is 0 Å². The summed E-state index contributed by atoms with van der Waals surface area (Å²) >= 11 is 0. The lowest BCUT2D eigenvalue weighted by molar-refractivity contribution is -0.136. The van der Waals surface area contributed by atoms with Gasteiger partial charge in [0.05, 0.1) is 11.1 Å². The van der Waals surface area contributed by atoms with Crippen LogP contribution in [0.25, 0.3) is 0 Å². The fourth-order valence-corrected chi connectivity index (χ4v) is 2.03. The zero-order valence-corrected chi connectivity index (χ0v) is 8.74. The normalized spacial score (nSPS) is 19.4. The maximum atomic E-state index is 11.9. The van der Waals surface area contributed by atoms with Gasteiger partial charge >= 0.3 is 0 Å². The minimum atomic E-state index is -0.483. The molecule has 1 aromatic heterocycles. The Kier molecular flexibility index (Phi) is 1.84. The van der Waals surface area contributed by atoms with Crippen LogP contribution in [0.15, 0.2) is 18.3 Å². The summed E-state index contributed by atoms with van der Waals surface area (Å²) in [5.41, 5.74) is 1.59. The highest BCUT2D eigenvalue weighted by Crippen LogP contribution is 2.31. The largest absolute Gasteiger partial charge is 0.341 e. The van der Waals surface area contributed by atoms with Gasteiger partial charge in [-0.15, -0.1) is 0 Å². The van der Waals surface area contributed by atoms with Crippen molar-refractivity contribution in [1.29, 1.82) is 0 Å². The number of hydrogen-bond donors (Lipinski definition) is 0. The standard InChI is InChI=1S/C11H14N2O/c1-11(2)9-8(5-4-6-12-9)7-13(3)10(11)14/h4-6H,7H2,1-3H3. The van der Waals surface area contributed by atoms with E-state index < -0.39 is 5.41 Å². The maximum absolute atomic E-state index is 11.9. The molecule has 1 aliphatic heterocycles. The van der Waals surface area contributed by atoms with Crippen LogP contribution in [-0.2, 0) is 16.8 Å². The number of likely N-dealkylation sites (N-methyl/N-ethyl adjacent to an activating group) is 1. The lowest BCUT2D eigenvalue weighted by atomic mass is 9.81. The van der Waals surface area contributed by atoms with E-state index >= 15 is 0 Å². The summed E-state index contributed by atoms with van der Waals surface area (Å²) in [5, 5.41) is 0. The van der Waals surface area contributed by atoms with Crippen molar-refractivity contribution in [2.45, 2.75) is 25.8 Å². The number of carbonyl (C=O) groups is 1. The van der Waals surface area contributed by atoms with E-state index in [1.165, 1.54) is 0 Å². The van der Waals surface area contributed by atoms with Crippen LogP contribution < -0.4 is 0 Å². The van der Waals surface area contributed by atoms with Crippen LogP contribution in [0, 0.1) is 0 Å². The number of amides is 1. The molecule has 0 aromatic carbocycles. The van der Waals surface area contributed by atoms with Gasteiger partial charge in [-0.1, -0.05) is 6.07 Å². The first kappa shape index (κ1) is 9.19. The highest BCUT2D eigenvalue weighted by atomic mass is 16.2. The van der Waals surface area contributed by atoms with Crippen molar-refractivity contribution in [1.82, 2.24) is 9.88 Å². The third-order valence-corrected chi connectivity index (χ3v) is 2.77. The number of carbonyl (C=O) groups excluding carboxylic acids is 1. The molecule has 2 rings (SSSR count). The van der Waals surface area contributed by atoms with Gasteiger partial charge in [0.25, 0.3) is 0 Å². The fraction of sp³-hybridized carbons (Fsp3) is 0.455. The quantitative estimate of drug-likeness (QED) is 0.618. The minimum absolute atomic E-state index is 0.142. The summed E-state index contributed by atoms with van der Waals surface area (Å²) < 4.78 is 0. The fourth-order valence-electron chi connectivity index (χ4n) is 2.03. The van der Waals surface area contributed by atoms with E-state index in [1.807, 2.05) is 33.0 Å². The van der Waals surface area contributed by atoms with E-state index in [1.54, 1.807) is 11.1 Å². The topological polar surface area (TPSA) is 33.2 Å². The Labute approximate surface area is 83.8 Å². The molecule has 1 aliphatic rings. The van der Waals surface area contributed by atoms with Crippen molar-refractivity contribution < 1.29 is 4.79 Å². The first-order valence-electron chi connectivity index (χ1n) is 4.73. The van der Waals surface area contributed by atoms with E-state index in [0.29, 0.717) is 6.54 Å². The molecule has 3 nitrogen and oxygen atoms in total. The van der Waals surface area contributed by atoms with Gasteiger partial charge in [-0.05, 0) is 25.5 Å². The van der Waals surface area contributed by atoms with E-state index in [2.05, 4.69) is 4.98 Å². The van der Waals surface area contributed by atoms with Crippen LogP contribution >= 0.6 is 0 Å². The van der Waals surface area contributed by atoms with Crippen LogP contribution in [0.2, 0.25) is 0 Å². The summed E-state index contributed by atoms with van der Waals surface area (Å²) in [7, 11) is 1.83. The second-order valence-electron chi connectivity index (χ2n) is 4.30. The first-order chi connectivity index (χ1) is 6.53. The highest BCUT2D eigenvalue weighted by molar-refractivity contribution is 5.88. The van der Waals surface area contributed by atoms with Crippen molar-refractivity contribution in [3.63, 3.8) is 0 Å². The molecule has 3 heteroatoms. The van der Waals surface area contributed by atoms with Gasteiger partial charge in [-0.25, -0.2) is 0 Å². The molecule has 0 aliphatic carbocycles. The summed E-state index contributed by atoms with van der Waals surface area (Å²) in [6.45, 7) is 4.53. The lowest BCUT2D eigenvalue weighted by Crippen LogP contribution is -2.46. The van der Waals surface area contributed by atoms with E-state index in [-0.39, 0.29) is 5.91 Å². The monoisotopic (exact) mass is 190 g/mol. The molecule has 74 valence electrons. The molecule has 14 heavy (non-hydrogen) atoms. The van der Waals surface area contributed by atoms with Crippen molar-refractivity contribution in [3.05, 3.63) is 29.6 Å². The van der Waals surface area contributed by atoms with Crippen molar-refractivity contribution in [2.24, 2.45) is 0 Å². The Hall–Kier alpha value is -1.38.